The molecule has 0 saturated carbocycles. The van der Waals surface area contributed by atoms with E-state index in [2.05, 4.69) is 25.5 Å². The molecule has 0 aliphatic carbocycles. The van der Waals surface area contributed by atoms with Gasteiger partial charge in [0, 0.05) is 31.2 Å². The average Bonchev–Trinajstić information content (AvgIpc) is 3.46. The number of aromatic nitrogens is 1. The van der Waals surface area contributed by atoms with Crippen molar-refractivity contribution in [2.45, 2.75) is 26.3 Å². The van der Waals surface area contributed by atoms with Crippen LogP contribution in [0.5, 0.6) is 0 Å². The van der Waals surface area contributed by atoms with E-state index in [1.54, 1.807) is 29.4 Å². The maximum Gasteiger partial charge on any atom is 0.308 e. The number of carbonyl (C=O) groups excluding carboxylic acids is 2. The molecule has 11 nitrogen and oxygen atoms in total. The second-order valence-electron chi connectivity index (χ2n) is 10.3. The number of aliphatic hydroxyl groups is 1. The summed E-state index contributed by atoms with van der Waals surface area (Å²) in [7, 11) is 0. The highest BCUT2D eigenvalue weighted by molar-refractivity contribution is 6.06. The van der Waals surface area contributed by atoms with E-state index in [1.165, 1.54) is 0 Å². The number of pyridine rings is 1. The number of nitrogens with zero attached hydrogens (tertiary/aromatic N) is 5. The molecule has 1 saturated heterocycles. The number of rotatable bonds is 9. The van der Waals surface area contributed by atoms with Crippen LogP contribution < -0.4 is 20.4 Å². The third-order valence-electron chi connectivity index (χ3n) is 7.07. The zero-order valence-electron chi connectivity index (χ0n) is 22.8. The molecule has 2 amide bonds. The number of aliphatic imine (C=N–C) groups is 1. The number of amides is 2. The van der Waals surface area contributed by atoms with E-state index in [1.807, 2.05) is 55.4 Å². The van der Waals surface area contributed by atoms with Crippen LogP contribution in [0.25, 0.3) is 0 Å². The Hall–Kier alpha value is -4.06. The Morgan fingerprint density at radius 1 is 1.18 bits per heavy atom. The van der Waals surface area contributed by atoms with Gasteiger partial charge in [-0.05, 0) is 35.7 Å². The van der Waals surface area contributed by atoms with E-state index < -0.39 is 0 Å². The summed E-state index contributed by atoms with van der Waals surface area (Å²) in [6, 6.07) is 11.1. The Balaban J connectivity index is 1.29. The van der Waals surface area contributed by atoms with E-state index in [0.717, 1.165) is 22.8 Å². The van der Waals surface area contributed by atoms with Crippen molar-refractivity contribution >= 4 is 29.2 Å². The minimum atomic E-state index is -0.269. The van der Waals surface area contributed by atoms with Crippen LogP contribution in [0.1, 0.15) is 29.8 Å². The lowest BCUT2D eigenvalue weighted by Gasteiger charge is -2.27. The fraction of sp³-hybridized carbons (Fsp3) is 0.379. The SMILES string of the molecule is CC(C)[C@@H](CO)NC(=O)Cc1cccc(N2C=C(Nc3ccc(C(=O)N4CCOCC4)cn3)C3=NC=C[N+]3C2)c1. The first kappa shape index (κ1) is 27.5. The van der Waals surface area contributed by atoms with Gasteiger partial charge in [0.1, 0.15) is 11.5 Å². The molecular formula is C29H35N7O4+. The minimum absolute atomic E-state index is 0.0504. The molecule has 1 aromatic heterocycles. The van der Waals surface area contributed by atoms with Crippen molar-refractivity contribution in [2.75, 3.05) is 49.8 Å². The molecule has 1 fully saturated rings. The maximum absolute atomic E-state index is 12.8. The Labute approximate surface area is 233 Å². The second kappa shape index (κ2) is 12.4. The summed E-state index contributed by atoms with van der Waals surface area (Å²) in [4.78, 5) is 40.2. The molecule has 1 radical (unpaired) electrons. The number of anilines is 2. The molecule has 5 rings (SSSR count). The largest absolute Gasteiger partial charge is 0.394 e. The Kier molecular flexibility index (Phi) is 8.54. The predicted molar refractivity (Wildman–Crippen MR) is 153 cm³/mol. The van der Waals surface area contributed by atoms with Crippen molar-refractivity contribution in [3.8, 4) is 0 Å². The molecular weight excluding hydrogens is 510 g/mol. The van der Waals surface area contributed by atoms with E-state index >= 15 is 0 Å². The number of aliphatic hydroxyl groups excluding tert-OH is 1. The molecule has 3 aliphatic heterocycles. The molecule has 0 unspecified atom stereocenters. The van der Waals surface area contributed by atoms with Crippen LogP contribution in [-0.2, 0) is 16.0 Å². The Morgan fingerprint density at radius 2 is 2.00 bits per heavy atom. The van der Waals surface area contributed by atoms with E-state index in [4.69, 9.17) is 4.74 Å². The molecule has 3 aliphatic rings. The number of carbonyl (C=O) groups is 2. The number of hydrogen-bond donors (Lipinski definition) is 3. The fourth-order valence-electron chi connectivity index (χ4n) is 4.72. The average molecular weight is 546 g/mol. The van der Waals surface area contributed by atoms with Crippen molar-refractivity contribution < 1.29 is 19.4 Å². The normalized spacial score (nSPS) is 17.8. The number of ether oxygens (including phenoxy) is 1. The fourth-order valence-corrected chi connectivity index (χ4v) is 4.72. The summed E-state index contributed by atoms with van der Waals surface area (Å²) in [5, 5.41) is 15.8. The minimum Gasteiger partial charge on any atom is -0.394 e. The van der Waals surface area contributed by atoms with Crippen molar-refractivity contribution in [1.29, 1.82) is 0 Å². The predicted octanol–water partition coefficient (Wildman–Crippen LogP) is 1.98. The highest BCUT2D eigenvalue weighted by Gasteiger charge is 2.36. The lowest BCUT2D eigenvalue weighted by molar-refractivity contribution is -0.121. The lowest BCUT2D eigenvalue weighted by atomic mass is 10.0. The summed E-state index contributed by atoms with van der Waals surface area (Å²) in [6.45, 7) is 6.66. The van der Waals surface area contributed by atoms with Gasteiger partial charge in [-0.3, -0.25) is 14.5 Å². The topological polar surface area (TPSA) is 125 Å². The number of amidine groups is 1. The molecule has 1 atom stereocenters. The van der Waals surface area contributed by atoms with Gasteiger partial charge in [0.25, 0.3) is 5.91 Å². The van der Waals surface area contributed by atoms with Crippen molar-refractivity contribution in [3.05, 3.63) is 78.0 Å². The monoisotopic (exact) mass is 545 g/mol. The number of fused-ring (bicyclic) bond motifs is 1. The maximum atomic E-state index is 12.8. The Morgan fingerprint density at radius 3 is 2.73 bits per heavy atom. The van der Waals surface area contributed by atoms with Gasteiger partial charge in [-0.15, -0.1) is 0 Å². The summed E-state index contributed by atoms with van der Waals surface area (Å²) < 4.78 is 5.34. The number of morpholine rings is 1. The lowest BCUT2D eigenvalue weighted by Crippen LogP contribution is -2.46. The molecule has 4 heterocycles. The van der Waals surface area contributed by atoms with E-state index in [-0.39, 0.29) is 36.8 Å². The van der Waals surface area contributed by atoms with Gasteiger partial charge in [-0.2, -0.15) is 4.99 Å². The van der Waals surface area contributed by atoms with Crippen molar-refractivity contribution in [2.24, 2.45) is 10.9 Å². The number of benzene rings is 1. The van der Waals surface area contributed by atoms with Crippen LogP contribution >= 0.6 is 0 Å². The zero-order chi connectivity index (χ0) is 28.1. The van der Waals surface area contributed by atoms with E-state index in [9.17, 15) is 14.7 Å². The molecule has 0 bridgehead atoms. The first-order valence-corrected chi connectivity index (χ1v) is 13.5. The molecule has 11 heteroatoms. The zero-order valence-corrected chi connectivity index (χ0v) is 22.8. The standard InChI is InChI=1S/C29H35N7O4/c1-20(2)25(18-37)33-27(38)15-21-4-3-5-23(14-21)36-17-24(28-30-8-9-35(28)19-36)32-26-7-6-22(16-31-26)29(39)34-10-12-40-13-11-34/h3-9,14,16-17,20,25,37H,10-13,15,18-19H2,1-2H3,(H,31,32)(H,33,38)/q+1/t25-/m1/s1. The summed E-state index contributed by atoms with van der Waals surface area (Å²) >= 11 is 0. The van der Waals surface area contributed by atoms with Crippen molar-refractivity contribution in [3.63, 3.8) is 0 Å². The van der Waals surface area contributed by atoms with Gasteiger partial charge < -0.3 is 25.4 Å². The number of hydrogen-bond acceptors (Lipinski definition) is 9. The summed E-state index contributed by atoms with van der Waals surface area (Å²) in [5.41, 5.74) is 3.08. The van der Waals surface area contributed by atoms with Gasteiger partial charge in [-0.25, -0.2) is 4.98 Å². The van der Waals surface area contributed by atoms with Gasteiger partial charge in [0.05, 0.1) is 44.0 Å². The van der Waals surface area contributed by atoms with Gasteiger partial charge in [0.15, 0.2) is 6.20 Å². The highest BCUT2D eigenvalue weighted by Crippen LogP contribution is 2.25. The first-order chi connectivity index (χ1) is 19.4. The van der Waals surface area contributed by atoms with Crippen molar-refractivity contribution in [1.82, 2.24) is 20.1 Å². The highest BCUT2D eigenvalue weighted by atomic mass is 16.5. The van der Waals surface area contributed by atoms with Crippen LogP contribution in [0.4, 0.5) is 11.5 Å². The van der Waals surface area contributed by atoms with Crippen LogP contribution in [0.15, 0.2) is 71.9 Å². The van der Waals surface area contributed by atoms with Crippen LogP contribution in [0.2, 0.25) is 0 Å². The Bertz CT molecular complexity index is 1320. The summed E-state index contributed by atoms with van der Waals surface area (Å²) in [6.07, 6.45) is 7.43. The van der Waals surface area contributed by atoms with Crippen LogP contribution in [0.3, 0.4) is 0 Å². The van der Waals surface area contributed by atoms with Gasteiger partial charge in [0.2, 0.25) is 12.6 Å². The summed E-state index contributed by atoms with van der Waals surface area (Å²) in [5.74, 6) is 1.33. The third kappa shape index (κ3) is 6.39. The van der Waals surface area contributed by atoms with Crippen LogP contribution in [-0.4, -0.2) is 78.3 Å². The number of nitrogens with one attached hydrogen (secondary N) is 2. The molecule has 3 N–H and O–H groups in total. The molecule has 40 heavy (non-hydrogen) atoms. The van der Waals surface area contributed by atoms with Gasteiger partial charge >= 0.3 is 5.84 Å². The molecule has 2 aromatic rings. The smallest absolute Gasteiger partial charge is 0.308 e. The van der Waals surface area contributed by atoms with E-state index in [0.29, 0.717) is 44.4 Å². The quantitative estimate of drug-likeness (QED) is 0.412. The third-order valence-corrected chi connectivity index (χ3v) is 7.07. The second-order valence-corrected chi connectivity index (χ2v) is 10.3. The van der Waals surface area contributed by atoms with Gasteiger partial charge in [-0.1, -0.05) is 30.9 Å². The molecule has 209 valence electrons. The molecule has 1 aromatic carbocycles. The molecule has 0 spiro atoms. The first-order valence-electron chi connectivity index (χ1n) is 13.5. The van der Waals surface area contributed by atoms with Crippen LogP contribution in [0, 0.1) is 5.92 Å².